The van der Waals surface area contributed by atoms with Crippen molar-refractivity contribution in [2.75, 3.05) is 18.5 Å². The number of pyridine rings is 1. The summed E-state index contributed by atoms with van der Waals surface area (Å²) >= 11 is 0. The second-order valence-electron chi connectivity index (χ2n) is 5.28. The molecular weight excluding hydrogens is 248 g/mol. The van der Waals surface area contributed by atoms with E-state index in [2.05, 4.69) is 10.3 Å². The minimum atomic E-state index is -0.542. The number of rotatable bonds is 3. The lowest BCUT2D eigenvalue weighted by molar-refractivity contribution is -0.0795. The number of nitrogens with zero attached hydrogens (tertiary/aromatic N) is 1. The number of hydrogen-bond donors (Lipinski definition) is 1. The van der Waals surface area contributed by atoms with Crippen LogP contribution in [-0.2, 0) is 9.47 Å². The molecule has 0 spiro atoms. The Balaban J connectivity index is 2.00. The topological polar surface area (TPSA) is 69.7 Å². The number of aromatic nitrogens is 1. The maximum absolute atomic E-state index is 11.7. The predicted octanol–water partition coefficient (Wildman–Crippen LogP) is 2.21. The molecule has 0 aromatic carbocycles. The van der Waals surface area contributed by atoms with Crippen LogP contribution in [0.25, 0.3) is 0 Å². The van der Waals surface area contributed by atoms with Crippen LogP contribution in [-0.4, -0.2) is 36.0 Å². The van der Waals surface area contributed by atoms with Crippen LogP contribution >= 0.6 is 0 Å². The number of carbonyl (C=O) groups is 1. The Labute approximate surface area is 112 Å². The summed E-state index contributed by atoms with van der Waals surface area (Å²) in [5.41, 5.74) is -0.00362. The Morgan fingerprint density at radius 3 is 2.79 bits per heavy atom. The molecule has 0 unspecified atom stereocenters. The molecule has 1 aliphatic rings. The van der Waals surface area contributed by atoms with E-state index in [4.69, 9.17) is 14.2 Å². The molecule has 0 atom stereocenters. The van der Waals surface area contributed by atoms with Gasteiger partial charge in [0.15, 0.2) is 5.75 Å². The first-order valence-corrected chi connectivity index (χ1v) is 6.12. The molecule has 2 rings (SSSR count). The van der Waals surface area contributed by atoms with Gasteiger partial charge in [-0.1, -0.05) is 0 Å². The number of hydrogen-bond acceptors (Lipinski definition) is 5. The molecule has 1 aromatic heterocycles. The predicted molar refractivity (Wildman–Crippen MR) is 69.3 cm³/mol. The fourth-order valence-corrected chi connectivity index (χ4v) is 1.45. The second kappa shape index (κ2) is 5.44. The van der Waals surface area contributed by atoms with Crippen LogP contribution in [0.15, 0.2) is 18.5 Å². The summed E-state index contributed by atoms with van der Waals surface area (Å²) in [6, 6.07) is 1.67. The van der Waals surface area contributed by atoms with E-state index < -0.39 is 11.7 Å². The molecule has 0 saturated carbocycles. The molecule has 6 nitrogen and oxygen atoms in total. The molecule has 1 fully saturated rings. The van der Waals surface area contributed by atoms with Gasteiger partial charge in [0.05, 0.1) is 25.1 Å². The first kappa shape index (κ1) is 13.6. The molecule has 104 valence electrons. The summed E-state index contributed by atoms with van der Waals surface area (Å²) in [6.45, 7) is 6.54. The van der Waals surface area contributed by atoms with Gasteiger partial charge in [0, 0.05) is 6.20 Å². The molecule has 1 saturated heterocycles. The van der Waals surface area contributed by atoms with Crippen LogP contribution in [0.4, 0.5) is 10.5 Å². The minimum absolute atomic E-state index is 0.0170. The van der Waals surface area contributed by atoms with Crippen molar-refractivity contribution in [3.8, 4) is 5.75 Å². The minimum Gasteiger partial charge on any atom is -0.482 e. The average molecular weight is 266 g/mol. The smallest absolute Gasteiger partial charge is 0.412 e. The fraction of sp³-hybridized carbons (Fsp3) is 0.538. The van der Waals surface area contributed by atoms with Crippen LogP contribution < -0.4 is 10.1 Å². The van der Waals surface area contributed by atoms with E-state index in [-0.39, 0.29) is 6.10 Å². The van der Waals surface area contributed by atoms with Crippen molar-refractivity contribution >= 4 is 11.8 Å². The lowest BCUT2D eigenvalue weighted by Crippen LogP contribution is -2.38. The van der Waals surface area contributed by atoms with Crippen LogP contribution in [0.5, 0.6) is 5.75 Å². The molecule has 19 heavy (non-hydrogen) atoms. The first-order chi connectivity index (χ1) is 8.94. The normalized spacial score (nSPS) is 15.5. The summed E-state index contributed by atoms with van der Waals surface area (Å²) in [5.74, 6) is 0.515. The van der Waals surface area contributed by atoms with Gasteiger partial charge in [-0.15, -0.1) is 0 Å². The highest BCUT2D eigenvalue weighted by atomic mass is 16.6. The van der Waals surface area contributed by atoms with Crippen molar-refractivity contribution in [1.29, 1.82) is 0 Å². The van der Waals surface area contributed by atoms with E-state index in [9.17, 15) is 4.79 Å². The standard InChI is InChI=1S/C13H18N2O4/c1-13(2,3)19-12(16)15-10-4-5-14-6-11(10)18-9-7-17-8-9/h4-6,9H,7-8H2,1-3H3,(H,14,15,16). The zero-order chi connectivity index (χ0) is 13.9. The quantitative estimate of drug-likeness (QED) is 0.908. The largest absolute Gasteiger partial charge is 0.482 e. The highest BCUT2D eigenvalue weighted by molar-refractivity contribution is 5.86. The van der Waals surface area contributed by atoms with Gasteiger partial charge in [-0.25, -0.2) is 4.79 Å². The van der Waals surface area contributed by atoms with Crippen LogP contribution in [0.3, 0.4) is 0 Å². The van der Waals surface area contributed by atoms with Crippen molar-refractivity contribution in [3.05, 3.63) is 18.5 Å². The van der Waals surface area contributed by atoms with Crippen molar-refractivity contribution in [2.45, 2.75) is 32.5 Å². The van der Waals surface area contributed by atoms with Crippen LogP contribution in [0.2, 0.25) is 0 Å². The van der Waals surface area contributed by atoms with Crippen molar-refractivity contribution in [2.24, 2.45) is 0 Å². The average Bonchev–Trinajstić information content (AvgIpc) is 2.22. The van der Waals surface area contributed by atoms with E-state index >= 15 is 0 Å². The number of carbonyl (C=O) groups excluding carboxylic acids is 1. The van der Waals surface area contributed by atoms with Gasteiger partial charge in [-0.05, 0) is 26.8 Å². The van der Waals surface area contributed by atoms with Gasteiger partial charge >= 0.3 is 6.09 Å². The van der Waals surface area contributed by atoms with Gasteiger partial charge in [0.1, 0.15) is 11.7 Å². The molecule has 1 aliphatic heterocycles. The summed E-state index contributed by atoms with van der Waals surface area (Å²) < 4.78 is 15.9. The van der Waals surface area contributed by atoms with Gasteiger partial charge in [0.25, 0.3) is 0 Å². The Bertz CT molecular complexity index is 452. The summed E-state index contributed by atoms with van der Waals surface area (Å²) in [4.78, 5) is 15.7. The highest BCUT2D eigenvalue weighted by Gasteiger charge is 2.22. The van der Waals surface area contributed by atoms with E-state index in [0.29, 0.717) is 24.7 Å². The molecule has 1 aromatic rings. The first-order valence-electron chi connectivity index (χ1n) is 6.12. The fourth-order valence-electron chi connectivity index (χ4n) is 1.45. The monoisotopic (exact) mass is 266 g/mol. The lowest BCUT2D eigenvalue weighted by Gasteiger charge is -2.27. The molecule has 6 heteroatoms. The van der Waals surface area contributed by atoms with E-state index in [1.807, 2.05) is 20.8 Å². The zero-order valence-electron chi connectivity index (χ0n) is 11.3. The van der Waals surface area contributed by atoms with Gasteiger partial charge in [-0.2, -0.15) is 0 Å². The Morgan fingerprint density at radius 1 is 1.47 bits per heavy atom. The molecule has 2 heterocycles. The third kappa shape index (κ3) is 4.10. The highest BCUT2D eigenvalue weighted by Crippen LogP contribution is 2.25. The van der Waals surface area contributed by atoms with Gasteiger partial charge < -0.3 is 14.2 Å². The van der Waals surface area contributed by atoms with Crippen LogP contribution in [0, 0.1) is 0 Å². The maximum atomic E-state index is 11.7. The van der Waals surface area contributed by atoms with Gasteiger partial charge in [0.2, 0.25) is 0 Å². The zero-order valence-corrected chi connectivity index (χ0v) is 11.3. The van der Waals surface area contributed by atoms with E-state index in [1.165, 1.54) is 0 Å². The van der Waals surface area contributed by atoms with Crippen molar-refractivity contribution < 1.29 is 19.0 Å². The number of ether oxygens (including phenoxy) is 3. The van der Waals surface area contributed by atoms with Crippen molar-refractivity contribution in [1.82, 2.24) is 4.98 Å². The Kier molecular flexibility index (Phi) is 3.90. The molecule has 1 amide bonds. The Morgan fingerprint density at radius 2 is 2.21 bits per heavy atom. The molecule has 0 radical (unpaired) electrons. The van der Waals surface area contributed by atoms with E-state index in [1.54, 1.807) is 18.5 Å². The molecule has 1 N–H and O–H groups in total. The van der Waals surface area contributed by atoms with Crippen molar-refractivity contribution in [3.63, 3.8) is 0 Å². The number of nitrogens with one attached hydrogen (secondary N) is 1. The molecular formula is C13H18N2O4. The summed E-state index contributed by atoms with van der Waals surface area (Å²) in [7, 11) is 0. The molecule has 0 aliphatic carbocycles. The van der Waals surface area contributed by atoms with Gasteiger partial charge in [-0.3, -0.25) is 10.3 Å². The lowest BCUT2D eigenvalue weighted by atomic mass is 10.2. The summed E-state index contributed by atoms with van der Waals surface area (Å²) in [5, 5.41) is 2.65. The number of anilines is 1. The second-order valence-corrected chi connectivity index (χ2v) is 5.28. The van der Waals surface area contributed by atoms with Crippen LogP contribution in [0.1, 0.15) is 20.8 Å². The third-order valence-electron chi connectivity index (χ3n) is 2.32. The maximum Gasteiger partial charge on any atom is 0.412 e. The summed E-state index contributed by atoms with van der Waals surface area (Å²) in [6.07, 6.45) is 2.64. The third-order valence-corrected chi connectivity index (χ3v) is 2.32. The SMILES string of the molecule is CC(C)(C)OC(=O)Nc1ccncc1OC1COC1. The van der Waals surface area contributed by atoms with E-state index in [0.717, 1.165) is 0 Å². The number of amides is 1. The Hall–Kier alpha value is -1.82. The molecule has 0 bridgehead atoms.